The number of nitrogens with zero attached hydrogens (tertiary/aromatic N) is 1. The zero-order valence-corrected chi connectivity index (χ0v) is 13.6. The van der Waals surface area contributed by atoms with E-state index < -0.39 is 5.72 Å². The maximum Gasteiger partial charge on any atom is 0.233 e. The quantitative estimate of drug-likeness (QED) is 0.841. The van der Waals surface area contributed by atoms with Gasteiger partial charge in [-0.25, -0.2) is 0 Å². The van der Waals surface area contributed by atoms with Gasteiger partial charge in [0.2, 0.25) is 5.91 Å². The molecule has 6 rings (SSSR count). The first-order chi connectivity index (χ1) is 11.7. The molecule has 24 heavy (non-hydrogen) atoms. The fraction of sp³-hybridized carbons (Fsp3) is 0.600. The topological polar surface area (TPSA) is 46.6 Å². The van der Waals surface area contributed by atoms with E-state index >= 15 is 0 Å². The lowest BCUT2D eigenvalue weighted by molar-refractivity contribution is -0.145. The molecule has 5 aliphatic rings. The summed E-state index contributed by atoms with van der Waals surface area (Å²) in [6.45, 7) is 0. The predicted molar refractivity (Wildman–Crippen MR) is 87.1 cm³/mol. The lowest BCUT2D eigenvalue weighted by Gasteiger charge is -2.42. The maximum absolute atomic E-state index is 13.4. The predicted octanol–water partition coefficient (Wildman–Crippen LogP) is 2.77. The lowest BCUT2D eigenvalue weighted by atomic mass is 9.74. The third kappa shape index (κ3) is 1.30. The Morgan fingerprint density at radius 2 is 1.83 bits per heavy atom. The highest BCUT2D eigenvalue weighted by Crippen LogP contribution is 2.69. The van der Waals surface area contributed by atoms with Crippen molar-refractivity contribution in [2.75, 3.05) is 4.90 Å². The van der Waals surface area contributed by atoms with Crippen molar-refractivity contribution >= 4 is 17.4 Å². The lowest BCUT2D eigenvalue weighted by Crippen LogP contribution is -2.55. The summed E-state index contributed by atoms with van der Waals surface area (Å²) in [7, 11) is 0. The average Bonchev–Trinajstić information content (AvgIpc) is 3.35. The normalized spacial score (nSPS) is 45.8. The number of Topliss-reactive ketones (excluding diaryl/α,β-unsaturated/α-hetero) is 1. The zero-order chi connectivity index (χ0) is 16.1. The van der Waals surface area contributed by atoms with E-state index in [2.05, 4.69) is 0 Å². The first-order valence-electron chi connectivity index (χ1n) is 9.34. The Labute approximate surface area is 141 Å². The van der Waals surface area contributed by atoms with Crippen LogP contribution in [0.3, 0.4) is 0 Å². The van der Waals surface area contributed by atoms with Crippen molar-refractivity contribution < 1.29 is 14.3 Å². The molecule has 2 saturated heterocycles. The van der Waals surface area contributed by atoms with Crippen LogP contribution in [0.25, 0.3) is 0 Å². The SMILES string of the molecule is O=C1C2CC3C1OC1(C4CCCC4)C3C2C(=O)N1c1ccccc1. The summed E-state index contributed by atoms with van der Waals surface area (Å²) in [5.41, 5.74) is 0.381. The van der Waals surface area contributed by atoms with Crippen LogP contribution in [-0.2, 0) is 14.3 Å². The molecule has 3 aliphatic carbocycles. The van der Waals surface area contributed by atoms with Gasteiger partial charge in [0.05, 0.1) is 5.92 Å². The number of carbonyl (C=O) groups excluding carboxylic acids is 2. The van der Waals surface area contributed by atoms with Crippen LogP contribution in [-0.4, -0.2) is 23.5 Å². The number of ether oxygens (including phenoxy) is 1. The Bertz CT molecular complexity index is 741. The van der Waals surface area contributed by atoms with Crippen molar-refractivity contribution in [2.45, 2.75) is 43.9 Å². The molecule has 1 aromatic rings. The van der Waals surface area contributed by atoms with E-state index in [9.17, 15) is 9.59 Å². The van der Waals surface area contributed by atoms with Crippen molar-refractivity contribution in [3.63, 3.8) is 0 Å². The summed E-state index contributed by atoms with van der Waals surface area (Å²) >= 11 is 0. The van der Waals surface area contributed by atoms with Gasteiger partial charge in [0.1, 0.15) is 6.10 Å². The van der Waals surface area contributed by atoms with Gasteiger partial charge in [-0.1, -0.05) is 31.0 Å². The fourth-order valence-corrected chi connectivity index (χ4v) is 6.77. The summed E-state index contributed by atoms with van der Waals surface area (Å²) in [6, 6.07) is 9.97. The molecule has 6 atom stereocenters. The molecule has 1 amide bonds. The Morgan fingerprint density at radius 1 is 1.08 bits per heavy atom. The van der Waals surface area contributed by atoms with Gasteiger partial charge in [0.15, 0.2) is 11.5 Å². The summed E-state index contributed by atoms with van der Waals surface area (Å²) in [6.07, 6.45) is 5.25. The van der Waals surface area contributed by atoms with Gasteiger partial charge in [0, 0.05) is 29.4 Å². The molecule has 4 heteroatoms. The minimum absolute atomic E-state index is 0.0884. The van der Waals surface area contributed by atoms with Crippen molar-refractivity contribution in [3.8, 4) is 0 Å². The maximum atomic E-state index is 13.4. The number of carbonyl (C=O) groups is 2. The number of rotatable bonds is 2. The van der Waals surface area contributed by atoms with Gasteiger partial charge in [-0.3, -0.25) is 14.5 Å². The van der Waals surface area contributed by atoms with Crippen molar-refractivity contribution in [2.24, 2.45) is 29.6 Å². The third-order valence-corrected chi connectivity index (χ3v) is 7.45. The Morgan fingerprint density at radius 3 is 2.58 bits per heavy atom. The molecule has 4 nitrogen and oxygen atoms in total. The molecule has 0 N–H and O–H groups in total. The number of anilines is 1. The van der Waals surface area contributed by atoms with Crippen LogP contribution in [0.4, 0.5) is 5.69 Å². The standard InChI is InChI=1S/C20H21NO3/c22-17-13-10-14-16-15(13)19(23)21(12-8-2-1-3-9-12)20(16,24-18(14)17)11-6-4-5-7-11/h1-3,8-9,11,13-16,18H,4-7,10H2. The van der Waals surface area contributed by atoms with E-state index in [0.29, 0.717) is 5.92 Å². The van der Waals surface area contributed by atoms with Gasteiger partial charge in [0.25, 0.3) is 0 Å². The number of para-hydroxylation sites is 1. The van der Waals surface area contributed by atoms with Gasteiger partial charge in [-0.15, -0.1) is 0 Å². The number of hydrogen-bond acceptors (Lipinski definition) is 3. The Balaban J connectivity index is 1.57. The summed E-state index contributed by atoms with van der Waals surface area (Å²) in [5, 5.41) is 0. The second-order valence-electron chi connectivity index (χ2n) is 8.24. The van der Waals surface area contributed by atoms with Crippen LogP contribution in [0.5, 0.6) is 0 Å². The van der Waals surface area contributed by atoms with Gasteiger partial charge >= 0.3 is 0 Å². The van der Waals surface area contributed by atoms with Gasteiger partial charge in [-0.05, 0) is 31.4 Å². The minimum Gasteiger partial charge on any atom is -0.343 e. The van der Waals surface area contributed by atoms with Crippen molar-refractivity contribution in [3.05, 3.63) is 30.3 Å². The largest absolute Gasteiger partial charge is 0.343 e. The van der Waals surface area contributed by atoms with Crippen molar-refractivity contribution in [1.82, 2.24) is 0 Å². The summed E-state index contributed by atoms with van der Waals surface area (Å²) in [4.78, 5) is 28.1. The zero-order valence-electron chi connectivity index (χ0n) is 13.6. The molecule has 124 valence electrons. The summed E-state index contributed by atoms with van der Waals surface area (Å²) < 4.78 is 6.61. The van der Waals surface area contributed by atoms with Gasteiger partial charge in [-0.2, -0.15) is 0 Å². The highest BCUT2D eigenvalue weighted by atomic mass is 16.5. The van der Waals surface area contributed by atoms with Crippen LogP contribution in [0.2, 0.25) is 0 Å². The molecule has 6 unspecified atom stereocenters. The molecule has 2 aliphatic heterocycles. The number of fused-ring (bicyclic) bond motifs is 2. The van der Waals surface area contributed by atoms with E-state index in [4.69, 9.17) is 4.74 Å². The first kappa shape index (κ1) is 13.6. The van der Waals surface area contributed by atoms with E-state index in [0.717, 1.165) is 24.9 Å². The molecule has 5 fully saturated rings. The number of ketones is 1. The molecule has 2 bridgehead atoms. The van der Waals surface area contributed by atoms with Crippen LogP contribution in [0.1, 0.15) is 32.1 Å². The molecule has 3 saturated carbocycles. The second kappa shape index (κ2) is 4.29. The molecule has 1 aromatic carbocycles. The Hall–Kier alpha value is -1.68. The molecule has 0 radical (unpaired) electrons. The number of benzene rings is 1. The second-order valence-corrected chi connectivity index (χ2v) is 8.24. The third-order valence-electron chi connectivity index (χ3n) is 7.45. The van der Waals surface area contributed by atoms with Crippen LogP contribution >= 0.6 is 0 Å². The first-order valence-corrected chi connectivity index (χ1v) is 9.34. The van der Waals surface area contributed by atoms with Crippen LogP contribution in [0.15, 0.2) is 30.3 Å². The Kier molecular flexibility index (Phi) is 2.43. The van der Waals surface area contributed by atoms with E-state index in [-0.39, 0.29) is 41.5 Å². The molecule has 2 heterocycles. The van der Waals surface area contributed by atoms with Crippen molar-refractivity contribution in [1.29, 1.82) is 0 Å². The smallest absolute Gasteiger partial charge is 0.233 e. The van der Waals surface area contributed by atoms with E-state index in [1.165, 1.54) is 12.8 Å². The van der Waals surface area contributed by atoms with Crippen LogP contribution in [0, 0.1) is 29.6 Å². The average molecular weight is 323 g/mol. The van der Waals surface area contributed by atoms with Crippen LogP contribution < -0.4 is 4.90 Å². The van der Waals surface area contributed by atoms with E-state index in [1.54, 1.807) is 0 Å². The number of hydrogen-bond donors (Lipinski definition) is 0. The highest BCUT2D eigenvalue weighted by molar-refractivity contribution is 6.06. The molecule has 0 spiro atoms. The van der Waals surface area contributed by atoms with E-state index in [1.807, 2.05) is 35.2 Å². The molecular formula is C20H21NO3. The highest BCUT2D eigenvalue weighted by Gasteiger charge is 2.80. The molecule has 0 aromatic heterocycles. The monoisotopic (exact) mass is 323 g/mol. The fourth-order valence-electron chi connectivity index (χ4n) is 6.77. The molecular weight excluding hydrogens is 302 g/mol. The summed E-state index contributed by atoms with van der Waals surface area (Å²) in [5.74, 6) is 0.983. The number of amides is 1. The minimum atomic E-state index is -0.560. The van der Waals surface area contributed by atoms with Gasteiger partial charge < -0.3 is 4.74 Å².